The number of aryl methyl sites for hydroxylation is 1. The van der Waals surface area contributed by atoms with Crippen LogP contribution in [0.1, 0.15) is 40.9 Å². The number of aromatic nitrogens is 3. The molecule has 94 valence electrons. The van der Waals surface area contributed by atoms with E-state index in [4.69, 9.17) is 10.3 Å². The number of nitrogens with zero attached hydrogens (tertiary/aromatic N) is 3. The first-order chi connectivity index (χ1) is 8.66. The topological polar surface area (TPSA) is 77.8 Å². The van der Waals surface area contributed by atoms with Gasteiger partial charge in [-0.05, 0) is 32.3 Å². The van der Waals surface area contributed by atoms with Crippen molar-refractivity contribution in [2.45, 2.75) is 31.7 Å². The van der Waals surface area contributed by atoms with E-state index >= 15 is 0 Å². The van der Waals surface area contributed by atoms with Gasteiger partial charge >= 0.3 is 0 Å². The van der Waals surface area contributed by atoms with Gasteiger partial charge in [-0.3, -0.25) is 0 Å². The summed E-state index contributed by atoms with van der Waals surface area (Å²) in [6, 6.07) is 0. The maximum absolute atomic E-state index is 6.13. The van der Waals surface area contributed by atoms with Crippen LogP contribution in [0.3, 0.4) is 0 Å². The van der Waals surface area contributed by atoms with E-state index in [1.807, 2.05) is 19.2 Å². The van der Waals surface area contributed by atoms with E-state index in [0.29, 0.717) is 11.7 Å². The lowest BCUT2D eigenvalue weighted by molar-refractivity contribution is 0.229. The number of rotatable bonds is 3. The highest BCUT2D eigenvalue weighted by Crippen LogP contribution is 2.36. The molecule has 0 atom stereocenters. The first kappa shape index (κ1) is 11.6. The standard InChI is InChI=1S/C12H14N4OS/c1-8-14-7-9(18-8)3-4-10-15-11(16-17-10)12(13)5-2-6-12/h3-4,7H,2,5-6,13H2,1H3/b4-3+. The summed E-state index contributed by atoms with van der Waals surface area (Å²) >= 11 is 1.62. The Morgan fingerprint density at radius 1 is 1.44 bits per heavy atom. The normalized spacial score (nSPS) is 18.1. The molecule has 0 spiro atoms. The third kappa shape index (κ3) is 2.09. The lowest BCUT2D eigenvalue weighted by Crippen LogP contribution is -2.44. The number of hydrogen-bond acceptors (Lipinski definition) is 6. The molecule has 1 saturated carbocycles. The smallest absolute Gasteiger partial charge is 0.250 e. The van der Waals surface area contributed by atoms with Crippen molar-refractivity contribution in [1.82, 2.24) is 15.1 Å². The fraction of sp³-hybridized carbons (Fsp3) is 0.417. The van der Waals surface area contributed by atoms with Gasteiger partial charge < -0.3 is 10.3 Å². The number of nitrogens with two attached hydrogens (primary N) is 1. The van der Waals surface area contributed by atoms with E-state index in [9.17, 15) is 0 Å². The molecule has 0 amide bonds. The summed E-state index contributed by atoms with van der Waals surface area (Å²) in [7, 11) is 0. The first-order valence-electron chi connectivity index (χ1n) is 5.89. The minimum atomic E-state index is -0.364. The molecular weight excluding hydrogens is 248 g/mol. The van der Waals surface area contributed by atoms with Gasteiger partial charge in [0.2, 0.25) is 0 Å². The van der Waals surface area contributed by atoms with Crippen LogP contribution < -0.4 is 5.73 Å². The van der Waals surface area contributed by atoms with Crippen molar-refractivity contribution in [2.24, 2.45) is 5.73 Å². The zero-order valence-electron chi connectivity index (χ0n) is 10.1. The minimum absolute atomic E-state index is 0.364. The molecule has 1 aliphatic rings. The molecule has 2 N–H and O–H groups in total. The molecule has 0 aromatic carbocycles. The number of hydrogen-bond donors (Lipinski definition) is 1. The van der Waals surface area contributed by atoms with Crippen molar-refractivity contribution in [2.75, 3.05) is 0 Å². The summed E-state index contributed by atoms with van der Waals surface area (Å²) < 4.78 is 5.17. The summed E-state index contributed by atoms with van der Waals surface area (Å²) in [6.07, 6.45) is 8.55. The van der Waals surface area contributed by atoms with Gasteiger partial charge in [-0.25, -0.2) is 4.98 Å². The summed E-state index contributed by atoms with van der Waals surface area (Å²) in [4.78, 5) is 9.56. The monoisotopic (exact) mass is 262 g/mol. The number of thiazole rings is 1. The average molecular weight is 262 g/mol. The Balaban J connectivity index is 1.75. The Kier molecular flexibility index (Phi) is 2.76. The van der Waals surface area contributed by atoms with Crippen LogP contribution in [0.25, 0.3) is 12.2 Å². The molecule has 0 bridgehead atoms. The summed E-state index contributed by atoms with van der Waals surface area (Å²) in [6.45, 7) is 1.97. The second kappa shape index (κ2) is 4.29. The molecule has 2 heterocycles. The predicted molar refractivity (Wildman–Crippen MR) is 69.8 cm³/mol. The van der Waals surface area contributed by atoms with Crippen molar-refractivity contribution in [1.29, 1.82) is 0 Å². The van der Waals surface area contributed by atoms with Gasteiger partial charge in [0, 0.05) is 17.2 Å². The molecule has 18 heavy (non-hydrogen) atoms. The lowest BCUT2D eigenvalue weighted by atomic mass is 9.77. The van der Waals surface area contributed by atoms with Crippen LogP contribution >= 0.6 is 11.3 Å². The highest BCUT2D eigenvalue weighted by Gasteiger charge is 2.38. The maximum Gasteiger partial charge on any atom is 0.250 e. The molecule has 6 heteroatoms. The van der Waals surface area contributed by atoms with E-state index in [1.165, 1.54) is 0 Å². The van der Waals surface area contributed by atoms with Crippen molar-refractivity contribution in [3.8, 4) is 0 Å². The highest BCUT2D eigenvalue weighted by molar-refractivity contribution is 7.12. The highest BCUT2D eigenvalue weighted by atomic mass is 32.1. The lowest BCUT2D eigenvalue weighted by Gasteiger charge is -2.34. The Morgan fingerprint density at radius 2 is 2.28 bits per heavy atom. The molecule has 1 fully saturated rings. The Labute approximate surface area is 109 Å². The van der Waals surface area contributed by atoms with Crippen molar-refractivity contribution in [3.63, 3.8) is 0 Å². The van der Waals surface area contributed by atoms with Gasteiger partial charge in [0.1, 0.15) is 0 Å². The summed E-state index contributed by atoms with van der Waals surface area (Å²) in [5.41, 5.74) is 5.77. The summed E-state index contributed by atoms with van der Waals surface area (Å²) in [5, 5.41) is 4.99. The van der Waals surface area contributed by atoms with Crippen LogP contribution in [-0.4, -0.2) is 15.1 Å². The van der Waals surface area contributed by atoms with Crippen molar-refractivity contribution in [3.05, 3.63) is 27.8 Å². The molecule has 0 saturated heterocycles. The molecule has 0 unspecified atom stereocenters. The van der Waals surface area contributed by atoms with Gasteiger partial charge in [-0.2, -0.15) is 4.98 Å². The molecule has 0 radical (unpaired) electrons. The van der Waals surface area contributed by atoms with E-state index in [1.54, 1.807) is 17.4 Å². The molecule has 2 aromatic heterocycles. The van der Waals surface area contributed by atoms with Crippen LogP contribution in [0.4, 0.5) is 0 Å². The van der Waals surface area contributed by atoms with Gasteiger partial charge in [0.25, 0.3) is 5.89 Å². The van der Waals surface area contributed by atoms with Gasteiger partial charge in [0.05, 0.1) is 10.5 Å². The van der Waals surface area contributed by atoms with Crippen LogP contribution in [0.2, 0.25) is 0 Å². The third-order valence-electron chi connectivity index (χ3n) is 3.16. The molecule has 5 nitrogen and oxygen atoms in total. The van der Waals surface area contributed by atoms with Gasteiger partial charge in [-0.1, -0.05) is 5.16 Å². The second-order valence-electron chi connectivity index (χ2n) is 4.58. The minimum Gasteiger partial charge on any atom is -0.335 e. The summed E-state index contributed by atoms with van der Waals surface area (Å²) in [5.74, 6) is 1.11. The second-order valence-corrected chi connectivity index (χ2v) is 5.85. The van der Waals surface area contributed by atoms with Crippen LogP contribution in [0, 0.1) is 6.92 Å². The fourth-order valence-electron chi connectivity index (χ4n) is 1.89. The Hall–Kier alpha value is -1.53. The molecule has 2 aromatic rings. The van der Waals surface area contributed by atoms with E-state index < -0.39 is 0 Å². The van der Waals surface area contributed by atoms with E-state index in [-0.39, 0.29) is 5.54 Å². The quantitative estimate of drug-likeness (QED) is 0.918. The van der Waals surface area contributed by atoms with Gasteiger partial charge in [-0.15, -0.1) is 11.3 Å². The molecule has 0 aliphatic heterocycles. The Morgan fingerprint density at radius 3 is 2.89 bits per heavy atom. The average Bonchev–Trinajstić information content (AvgIpc) is 2.92. The van der Waals surface area contributed by atoms with E-state index in [0.717, 1.165) is 29.1 Å². The van der Waals surface area contributed by atoms with Crippen molar-refractivity contribution < 1.29 is 4.52 Å². The maximum atomic E-state index is 6.13. The van der Waals surface area contributed by atoms with E-state index in [2.05, 4.69) is 15.1 Å². The third-order valence-corrected chi connectivity index (χ3v) is 4.04. The van der Waals surface area contributed by atoms with Crippen LogP contribution in [0.15, 0.2) is 10.7 Å². The van der Waals surface area contributed by atoms with Crippen LogP contribution in [0.5, 0.6) is 0 Å². The Bertz CT molecular complexity index is 582. The van der Waals surface area contributed by atoms with Gasteiger partial charge in [0.15, 0.2) is 5.82 Å². The largest absolute Gasteiger partial charge is 0.335 e. The molecule has 1 aliphatic carbocycles. The zero-order chi connectivity index (χ0) is 12.6. The molecular formula is C12H14N4OS. The fourth-order valence-corrected chi connectivity index (χ4v) is 2.58. The zero-order valence-corrected chi connectivity index (χ0v) is 10.9. The van der Waals surface area contributed by atoms with Crippen molar-refractivity contribution >= 4 is 23.5 Å². The van der Waals surface area contributed by atoms with Crippen LogP contribution in [-0.2, 0) is 5.54 Å². The molecule has 3 rings (SSSR count). The first-order valence-corrected chi connectivity index (χ1v) is 6.71. The predicted octanol–water partition coefficient (Wildman–Crippen LogP) is 2.34. The SMILES string of the molecule is Cc1ncc(/C=C/c2nc(C3(N)CCC3)no2)s1.